The van der Waals surface area contributed by atoms with Crippen LogP contribution in [0.4, 0.5) is 0 Å². The van der Waals surface area contributed by atoms with E-state index in [4.69, 9.17) is 4.74 Å². The minimum absolute atomic E-state index is 0.147. The molecule has 1 amide bonds. The molecule has 1 saturated heterocycles. The smallest absolute Gasteiger partial charge is 0.234 e. The summed E-state index contributed by atoms with van der Waals surface area (Å²) in [6.45, 7) is 9.30. The van der Waals surface area contributed by atoms with Crippen LogP contribution in [0.2, 0.25) is 0 Å². The molecule has 0 aromatic carbocycles. The number of hydrogen-bond acceptors (Lipinski definition) is 3. The first-order chi connectivity index (χ1) is 8.59. The quantitative estimate of drug-likeness (QED) is 0.706. The molecular formula is C14H28N2O2. The zero-order chi connectivity index (χ0) is 13.4. The molecule has 0 aromatic rings. The lowest BCUT2D eigenvalue weighted by atomic mass is 10.0. The first kappa shape index (κ1) is 15.4. The van der Waals surface area contributed by atoms with Gasteiger partial charge in [0.25, 0.3) is 0 Å². The van der Waals surface area contributed by atoms with E-state index in [1.54, 1.807) is 0 Å². The summed E-state index contributed by atoms with van der Waals surface area (Å²) in [5.74, 6) is 0.147. The molecule has 1 unspecified atom stereocenters. The van der Waals surface area contributed by atoms with Crippen LogP contribution in [0.5, 0.6) is 0 Å². The standard InChI is InChI=1S/C14H28N2O2/c1-12(2)18-10-6-8-15-14(17)11-16-9-5-4-7-13(16)3/h12-13H,4-11H2,1-3H3,(H,15,17). The van der Waals surface area contributed by atoms with Gasteiger partial charge in [0.1, 0.15) is 0 Å². The van der Waals surface area contributed by atoms with Crippen molar-refractivity contribution in [2.24, 2.45) is 0 Å². The summed E-state index contributed by atoms with van der Waals surface area (Å²) in [4.78, 5) is 14.0. The average Bonchev–Trinajstić information content (AvgIpc) is 2.31. The molecule has 0 radical (unpaired) electrons. The van der Waals surface area contributed by atoms with Gasteiger partial charge in [-0.2, -0.15) is 0 Å². The van der Waals surface area contributed by atoms with E-state index >= 15 is 0 Å². The second-order valence-corrected chi connectivity index (χ2v) is 5.44. The molecule has 1 rings (SSSR count). The van der Waals surface area contributed by atoms with E-state index in [0.717, 1.165) is 19.6 Å². The maximum atomic E-state index is 11.8. The molecular weight excluding hydrogens is 228 g/mol. The zero-order valence-electron chi connectivity index (χ0n) is 12.1. The molecule has 18 heavy (non-hydrogen) atoms. The normalized spacial score (nSPS) is 21.2. The molecule has 4 heteroatoms. The lowest BCUT2D eigenvalue weighted by Gasteiger charge is -2.32. The lowest BCUT2D eigenvalue weighted by Crippen LogP contribution is -2.44. The molecule has 0 spiro atoms. The number of carbonyl (C=O) groups excluding carboxylic acids is 1. The molecule has 0 aliphatic carbocycles. The third kappa shape index (κ3) is 6.36. The fourth-order valence-corrected chi connectivity index (χ4v) is 2.25. The van der Waals surface area contributed by atoms with Gasteiger partial charge in [-0.25, -0.2) is 0 Å². The number of piperidine rings is 1. The van der Waals surface area contributed by atoms with E-state index < -0.39 is 0 Å². The topological polar surface area (TPSA) is 41.6 Å². The van der Waals surface area contributed by atoms with E-state index in [1.807, 2.05) is 13.8 Å². The Hall–Kier alpha value is -0.610. The Morgan fingerprint density at radius 3 is 2.89 bits per heavy atom. The molecule has 1 aliphatic rings. The van der Waals surface area contributed by atoms with E-state index in [9.17, 15) is 4.79 Å². The highest BCUT2D eigenvalue weighted by Gasteiger charge is 2.19. The number of likely N-dealkylation sites (tertiary alicyclic amines) is 1. The van der Waals surface area contributed by atoms with Crippen LogP contribution in [0, 0.1) is 0 Å². The van der Waals surface area contributed by atoms with Gasteiger partial charge in [-0.1, -0.05) is 6.42 Å². The molecule has 1 atom stereocenters. The number of nitrogens with one attached hydrogen (secondary N) is 1. The predicted octanol–water partition coefficient (Wildman–Crippen LogP) is 1.79. The van der Waals surface area contributed by atoms with Crippen LogP contribution in [0.3, 0.4) is 0 Å². The van der Waals surface area contributed by atoms with Crippen molar-refractivity contribution in [3.05, 3.63) is 0 Å². The minimum Gasteiger partial charge on any atom is -0.379 e. The van der Waals surface area contributed by atoms with Gasteiger partial charge in [-0.05, 0) is 46.6 Å². The van der Waals surface area contributed by atoms with Crippen LogP contribution in [0.25, 0.3) is 0 Å². The van der Waals surface area contributed by atoms with Gasteiger partial charge in [0.2, 0.25) is 5.91 Å². The van der Waals surface area contributed by atoms with E-state index in [2.05, 4.69) is 17.1 Å². The summed E-state index contributed by atoms with van der Waals surface area (Å²) < 4.78 is 5.43. The fourth-order valence-electron chi connectivity index (χ4n) is 2.25. The second kappa shape index (κ2) is 8.48. The van der Waals surface area contributed by atoms with Gasteiger partial charge in [0.05, 0.1) is 12.6 Å². The first-order valence-corrected chi connectivity index (χ1v) is 7.22. The summed E-state index contributed by atoms with van der Waals surface area (Å²) >= 11 is 0. The number of amides is 1. The average molecular weight is 256 g/mol. The van der Waals surface area contributed by atoms with Gasteiger partial charge < -0.3 is 10.1 Å². The molecule has 1 fully saturated rings. The van der Waals surface area contributed by atoms with Gasteiger partial charge in [-0.3, -0.25) is 9.69 Å². The number of ether oxygens (including phenoxy) is 1. The van der Waals surface area contributed by atoms with Crippen molar-refractivity contribution in [2.75, 3.05) is 26.2 Å². The van der Waals surface area contributed by atoms with Crippen molar-refractivity contribution in [3.63, 3.8) is 0 Å². The number of rotatable bonds is 7. The van der Waals surface area contributed by atoms with Crippen molar-refractivity contribution >= 4 is 5.91 Å². The lowest BCUT2D eigenvalue weighted by molar-refractivity contribution is -0.123. The van der Waals surface area contributed by atoms with Gasteiger partial charge in [0.15, 0.2) is 0 Å². The predicted molar refractivity (Wildman–Crippen MR) is 73.6 cm³/mol. The highest BCUT2D eigenvalue weighted by Crippen LogP contribution is 2.15. The Morgan fingerprint density at radius 2 is 2.22 bits per heavy atom. The maximum absolute atomic E-state index is 11.8. The Kier molecular flexibility index (Phi) is 7.28. The summed E-state index contributed by atoms with van der Waals surface area (Å²) in [6.07, 6.45) is 4.90. The van der Waals surface area contributed by atoms with Crippen LogP contribution in [0.15, 0.2) is 0 Å². The minimum atomic E-state index is 0.147. The molecule has 1 N–H and O–H groups in total. The van der Waals surface area contributed by atoms with Crippen molar-refractivity contribution in [1.29, 1.82) is 0 Å². The number of carbonyl (C=O) groups is 1. The molecule has 106 valence electrons. The van der Waals surface area contributed by atoms with Crippen molar-refractivity contribution in [1.82, 2.24) is 10.2 Å². The summed E-state index contributed by atoms with van der Waals surface area (Å²) in [5, 5.41) is 2.96. The van der Waals surface area contributed by atoms with Crippen molar-refractivity contribution in [2.45, 2.75) is 58.6 Å². The van der Waals surface area contributed by atoms with Crippen molar-refractivity contribution in [3.8, 4) is 0 Å². The highest BCUT2D eigenvalue weighted by atomic mass is 16.5. The summed E-state index contributed by atoms with van der Waals surface area (Å²) in [6, 6.07) is 0.550. The van der Waals surface area contributed by atoms with E-state index in [-0.39, 0.29) is 12.0 Å². The Morgan fingerprint density at radius 1 is 1.44 bits per heavy atom. The van der Waals surface area contributed by atoms with Gasteiger partial charge in [-0.15, -0.1) is 0 Å². The largest absolute Gasteiger partial charge is 0.379 e. The number of nitrogens with zero attached hydrogens (tertiary/aromatic N) is 1. The Bertz CT molecular complexity index is 244. The second-order valence-electron chi connectivity index (χ2n) is 5.44. The first-order valence-electron chi connectivity index (χ1n) is 7.22. The molecule has 1 aliphatic heterocycles. The maximum Gasteiger partial charge on any atom is 0.234 e. The van der Waals surface area contributed by atoms with Crippen molar-refractivity contribution < 1.29 is 9.53 Å². The molecule has 1 heterocycles. The van der Waals surface area contributed by atoms with Gasteiger partial charge >= 0.3 is 0 Å². The molecule has 0 bridgehead atoms. The fraction of sp³-hybridized carbons (Fsp3) is 0.929. The van der Waals surface area contributed by atoms with Crippen LogP contribution >= 0.6 is 0 Å². The molecule has 4 nitrogen and oxygen atoms in total. The Balaban J connectivity index is 2.06. The monoisotopic (exact) mass is 256 g/mol. The summed E-state index contributed by atoms with van der Waals surface area (Å²) in [7, 11) is 0. The Labute approximate surface area is 111 Å². The molecule has 0 saturated carbocycles. The van der Waals surface area contributed by atoms with Crippen LogP contribution in [-0.2, 0) is 9.53 Å². The number of hydrogen-bond donors (Lipinski definition) is 1. The van der Waals surface area contributed by atoms with Gasteiger partial charge in [0, 0.05) is 19.2 Å². The van der Waals surface area contributed by atoms with Crippen LogP contribution in [0.1, 0.15) is 46.5 Å². The van der Waals surface area contributed by atoms with E-state index in [1.165, 1.54) is 19.3 Å². The molecule has 0 aromatic heterocycles. The third-order valence-corrected chi connectivity index (χ3v) is 3.38. The third-order valence-electron chi connectivity index (χ3n) is 3.38. The van der Waals surface area contributed by atoms with E-state index in [0.29, 0.717) is 19.1 Å². The van der Waals surface area contributed by atoms with Crippen LogP contribution in [-0.4, -0.2) is 49.2 Å². The zero-order valence-corrected chi connectivity index (χ0v) is 12.1. The SMILES string of the molecule is CC(C)OCCCNC(=O)CN1CCCCC1C. The highest BCUT2D eigenvalue weighted by molar-refractivity contribution is 5.78. The summed E-state index contributed by atoms with van der Waals surface area (Å²) in [5.41, 5.74) is 0. The van der Waals surface area contributed by atoms with Crippen LogP contribution < -0.4 is 5.32 Å².